The third-order valence-electron chi connectivity index (χ3n) is 6.64. The number of alkyl halides is 3. The maximum atomic E-state index is 13.3. The zero-order valence-corrected chi connectivity index (χ0v) is 21.3. The fraction of sp³-hybridized carbons (Fsp3) is 0.400. The molecule has 4 rings (SSSR count). The Morgan fingerprint density at radius 1 is 1.19 bits per heavy atom. The predicted molar refractivity (Wildman–Crippen MR) is 131 cm³/mol. The second kappa shape index (κ2) is 9.59. The molecule has 6 nitrogen and oxygen atoms in total. The summed E-state index contributed by atoms with van der Waals surface area (Å²) < 4.78 is 41.5. The molecule has 36 heavy (non-hydrogen) atoms. The number of carboxylic acids is 1. The third-order valence-corrected chi connectivity index (χ3v) is 7.43. The van der Waals surface area contributed by atoms with E-state index in [0.29, 0.717) is 41.0 Å². The number of fused-ring (bicyclic) bond motifs is 1. The highest BCUT2D eigenvalue weighted by molar-refractivity contribution is 6.38. The van der Waals surface area contributed by atoms with Crippen LogP contribution in [0, 0.1) is 18.8 Å². The Bertz CT molecular complexity index is 1370. The first-order valence-electron chi connectivity index (χ1n) is 11.3. The summed E-state index contributed by atoms with van der Waals surface area (Å²) in [5.41, 5.74) is 0.969. The lowest BCUT2D eigenvalue weighted by Crippen LogP contribution is -2.45. The Kier molecular flexibility index (Phi) is 7.00. The summed E-state index contributed by atoms with van der Waals surface area (Å²) >= 11 is 13.1. The maximum absolute atomic E-state index is 13.3. The first kappa shape index (κ1) is 26.3. The fourth-order valence-corrected chi connectivity index (χ4v) is 5.36. The lowest BCUT2D eigenvalue weighted by Gasteiger charge is -2.35. The van der Waals surface area contributed by atoms with Gasteiger partial charge in [-0.3, -0.25) is 9.59 Å². The summed E-state index contributed by atoms with van der Waals surface area (Å²) in [5.74, 6) is -1.56. The van der Waals surface area contributed by atoms with Gasteiger partial charge in [0.1, 0.15) is 5.82 Å². The quantitative estimate of drug-likeness (QED) is 0.440. The number of hydrogen-bond donors (Lipinski definition) is 1. The molecule has 1 aliphatic heterocycles. The number of aliphatic carboxylic acids is 1. The van der Waals surface area contributed by atoms with E-state index in [1.165, 1.54) is 17.0 Å². The minimum Gasteiger partial charge on any atom is -0.481 e. The number of rotatable bonds is 4. The van der Waals surface area contributed by atoms with Gasteiger partial charge < -0.3 is 14.6 Å². The van der Waals surface area contributed by atoms with Gasteiger partial charge in [-0.15, -0.1) is 0 Å². The van der Waals surface area contributed by atoms with Gasteiger partial charge in [0, 0.05) is 31.6 Å². The summed E-state index contributed by atoms with van der Waals surface area (Å²) in [6.07, 6.45) is -3.92. The van der Waals surface area contributed by atoms with Gasteiger partial charge in [0.25, 0.3) is 5.91 Å². The van der Waals surface area contributed by atoms with Gasteiger partial charge in [0.15, 0.2) is 0 Å². The Labute approximate surface area is 215 Å². The van der Waals surface area contributed by atoms with E-state index in [4.69, 9.17) is 23.2 Å². The van der Waals surface area contributed by atoms with Crippen LogP contribution in [-0.4, -0.2) is 44.5 Å². The van der Waals surface area contributed by atoms with Crippen molar-refractivity contribution in [3.05, 3.63) is 62.4 Å². The van der Waals surface area contributed by atoms with E-state index < -0.39 is 29.5 Å². The molecule has 2 heterocycles. The number of halogens is 5. The van der Waals surface area contributed by atoms with Crippen LogP contribution in [0.4, 0.5) is 13.2 Å². The van der Waals surface area contributed by atoms with E-state index in [9.17, 15) is 27.9 Å². The molecule has 2 atom stereocenters. The summed E-state index contributed by atoms with van der Waals surface area (Å²) in [4.78, 5) is 30.9. The van der Waals surface area contributed by atoms with Crippen molar-refractivity contribution in [1.82, 2.24) is 14.5 Å². The maximum Gasteiger partial charge on any atom is 0.416 e. The van der Waals surface area contributed by atoms with Crippen LogP contribution < -0.4 is 0 Å². The summed E-state index contributed by atoms with van der Waals surface area (Å²) in [6.45, 7) is 3.95. The molecule has 2 unspecified atom stereocenters. The Hall–Kier alpha value is -2.78. The van der Waals surface area contributed by atoms with E-state index in [1.807, 2.05) is 6.92 Å². The van der Waals surface area contributed by atoms with Gasteiger partial charge in [-0.05, 0) is 54.7 Å². The van der Waals surface area contributed by atoms with Crippen LogP contribution in [0.25, 0.3) is 11.0 Å². The van der Waals surface area contributed by atoms with Gasteiger partial charge in [-0.25, -0.2) is 4.98 Å². The zero-order valence-electron chi connectivity index (χ0n) is 19.8. The largest absolute Gasteiger partial charge is 0.481 e. The number of likely N-dealkylation sites (tertiary alicyclic amines) is 1. The molecule has 1 aliphatic rings. The number of aromatic nitrogens is 2. The average Bonchev–Trinajstić information content (AvgIpc) is 3.11. The van der Waals surface area contributed by atoms with Gasteiger partial charge >= 0.3 is 12.1 Å². The van der Waals surface area contributed by atoms with Crippen LogP contribution in [0.5, 0.6) is 0 Å². The van der Waals surface area contributed by atoms with E-state index in [0.717, 1.165) is 12.1 Å². The molecule has 1 N–H and O–H groups in total. The van der Waals surface area contributed by atoms with Crippen LogP contribution in [0.3, 0.4) is 0 Å². The normalized spacial score (nSPS) is 18.6. The number of carboxylic acid groups (broad SMARTS) is 1. The molecule has 1 fully saturated rings. The van der Waals surface area contributed by atoms with E-state index >= 15 is 0 Å². The fourth-order valence-electron chi connectivity index (χ4n) is 4.78. The second-order valence-electron chi connectivity index (χ2n) is 9.40. The molecule has 192 valence electrons. The average molecular weight is 542 g/mol. The molecular formula is C25H24Cl2F3N3O3. The van der Waals surface area contributed by atoms with Gasteiger partial charge in [-0.2, -0.15) is 13.2 Å². The van der Waals surface area contributed by atoms with Crippen LogP contribution in [0.1, 0.15) is 46.2 Å². The van der Waals surface area contributed by atoms with Crippen molar-refractivity contribution in [3.63, 3.8) is 0 Å². The van der Waals surface area contributed by atoms with Crippen molar-refractivity contribution in [2.75, 3.05) is 13.1 Å². The van der Waals surface area contributed by atoms with E-state index in [-0.39, 0.29) is 34.5 Å². The zero-order chi connectivity index (χ0) is 26.5. The van der Waals surface area contributed by atoms with Crippen molar-refractivity contribution in [3.8, 4) is 0 Å². The van der Waals surface area contributed by atoms with Crippen molar-refractivity contribution < 1.29 is 27.9 Å². The lowest BCUT2D eigenvalue weighted by atomic mass is 9.90. The number of hydrogen-bond acceptors (Lipinski definition) is 3. The van der Waals surface area contributed by atoms with Crippen LogP contribution in [0.15, 0.2) is 24.3 Å². The van der Waals surface area contributed by atoms with Crippen molar-refractivity contribution in [2.24, 2.45) is 18.9 Å². The summed E-state index contributed by atoms with van der Waals surface area (Å²) in [5, 5.41) is 9.83. The number of carbonyl (C=O) groups excluding carboxylic acids is 1. The Balaban J connectivity index is 1.70. The molecule has 1 aromatic heterocycles. The molecule has 0 saturated carbocycles. The highest BCUT2D eigenvalue weighted by Gasteiger charge is 2.34. The molecule has 3 aromatic rings. The van der Waals surface area contributed by atoms with Crippen LogP contribution >= 0.6 is 23.2 Å². The van der Waals surface area contributed by atoms with E-state index in [1.54, 1.807) is 18.5 Å². The minimum atomic E-state index is -4.49. The SMILES string of the molecule is Cc1cc(C(F)(F)F)cc2c1nc(Cc1c(Cl)ccc(C(=O)N3CC(C)CC(C(=O)O)C3)c1Cl)n2C. The second-order valence-corrected chi connectivity index (χ2v) is 10.2. The first-order valence-corrected chi connectivity index (χ1v) is 12.1. The summed E-state index contributed by atoms with van der Waals surface area (Å²) in [7, 11) is 1.61. The molecular weight excluding hydrogens is 518 g/mol. The molecule has 1 saturated heterocycles. The van der Waals surface area contributed by atoms with Crippen molar-refractivity contribution in [1.29, 1.82) is 0 Å². The molecule has 0 aliphatic carbocycles. The molecule has 0 bridgehead atoms. The highest BCUT2D eigenvalue weighted by Crippen LogP contribution is 2.35. The van der Waals surface area contributed by atoms with Gasteiger partial charge in [0.05, 0.1) is 33.1 Å². The molecule has 1 amide bonds. The van der Waals surface area contributed by atoms with Crippen LogP contribution in [0.2, 0.25) is 10.0 Å². The molecule has 2 aromatic carbocycles. The van der Waals surface area contributed by atoms with Crippen LogP contribution in [-0.2, 0) is 24.4 Å². The van der Waals surface area contributed by atoms with Gasteiger partial charge in [0.2, 0.25) is 0 Å². The topological polar surface area (TPSA) is 75.4 Å². The standard InChI is InChI=1S/C25H24Cl2F3N3O3/c1-12-6-14(24(35)36)11-33(10-12)23(34)16-4-5-18(26)17(21(16)27)9-20-31-22-13(2)7-15(25(28,29)30)8-19(22)32(20)3/h4-5,7-8,12,14H,6,9-11H2,1-3H3,(H,35,36). The number of piperidine rings is 1. The van der Waals surface area contributed by atoms with Gasteiger partial charge in [-0.1, -0.05) is 30.1 Å². The van der Waals surface area contributed by atoms with Crippen molar-refractivity contribution >= 4 is 46.1 Å². The highest BCUT2D eigenvalue weighted by atomic mass is 35.5. The number of aryl methyl sites for hydroxylation is 2. The van der Waals surface area contributed by atoms with Crippen molar-refractivity contribution in [2.45, 2.75) is 32.9 Å². The monoisotopic (exact) mass is 541 g/mol. The number of imidazole rings is 1. The predicted octanol–water partition coefficient (Wildman–Crippen LogP) is 5.98. The number of benzene rings is 2. The van der Waals surface area contributed by atoms with E-state index in [2.05, 4.69) is 4.98 Å². The Morgan fingerprint density at radius 3 is 2.53 bits per heavy atom. The molecule has 0 spiro atoms. The number of nitrogens with zero attached hydrogens (tertiary/aromatic N) is 3. The minimum absolute atomic E-state index is 0.0131. The first-order chi connectivity index (χ1) is 16.8. The Morgan fingerprint density at radius 2 is 1.89 bits per heavy atom. The molecule has 11 heteroatoms. The molecule has 0 radical (unpaired) electrons. The number of amides is 1. The smallest absolute Gasteiger partial charge is 0.416 e. The third kappa shape index (κ3) is 4.91. The number of carbonyl (C=O) groups is 2. The summed E-state index contributed by atoms with van der Waals surface area (Å²) in [6, 6.07) is 5.15. The lowest BCUT2D eigenvalue weighted by molar-refractivity contribution is -0.143.